The summed E-state index contributed by atoms with van der Waals surface area (Å²) in [5.74, 6) is 1.64. The highest BCUT2D eigenvalue weighted by molar-refractivity contribution is 5.94. The summed E-state index contributed by atoms with van der Waals surface area (Å²) in [7, 11) is 1.77. The smallest absolute Gasteiger partial charge is 0.228 e. The summed E-state index contributed by atoms with van der Waals surface area (Å²) in [4.78, 5) is 21.7. The van der Waals surface area contributed by atoms with E-state index >= 15 is 0 Å². The Hall–Kier alpha value is -1.45. The minimum absolute atomic E-state index is 0.134. The Morgan fingerprint density at radius 3 is 2.64 bits per heavy atom. The molecule has 2 heterocycles. The highest BCUT2D eigenvalue weighted by atomic mass is 16.2. The molecule has 0 spiro atoms. The van der Waals surface area contributed by atoms with E-state index in [4.69, 9.17) is 0 Å². The third-order valence-electron chi connectivity index (χ3n) is 2.58. The molecule has 0 aromatic carbocycles. The maximum absolute atomic E-state index is 11.4. The molecule has 0 aliphatic carbocycles. The standard InChI is InChI=1S/C10H13N3O/c1-6-8-4-5-9(14)13(3)10(8)12-7(2)11-6/h4-5H2,1-3H3. The van der Waals surface area contributed by atoms with E-state index in [1.165, 1.54) is 0 Å². The van der Waals surface area contributed by atoms with Crippen molar-refractivity contribution in [3.63, 3.8) is 0 Å². The molecule has 14 heavy (non-hydrogen) atoms. The lowest BCUT2D eigenvalue weighted by molar-refractivity contribution is -0.118. The zero-order valence-corrected chi connectivity index (χ0v) is 8.66. The number of rotatable bonds is 0. The van der Waals surface area contributed by atoms with Gasteiger partial charge in [0.2, 0.25) is 5.91 Å². The summed E-state index contributed by atoms with van der Waals surface area (Å²) in [5, 5.41) is 0. The molecular weight excluding hydrogens is 178 g/mol. The molecule has 4 heteroatoms. The van der Waals surface area contributed by atoms with Crippen LogP contribution in [0.4, 0.5) is 5.82 Å². The molecule has 0 fully saturated rings. The average molecular weight is 191 g/mol. The Kier molecular flexibility index (Phi) is 1.98. The first kappa shape index (κ1) is 9.12. The monoisotopic (exact) mass is 191 g/mol. The number of aryl methyl sites for hydroxylation is 2. The summed E-state index contributed by atoms with van der Waals surface area (Å²) in [5.41, 5.74) is 2.10. The number of carbonyl (C=O) groups excluding carboxylic acids is 1. The maximum Gasteiger partial charge on any atom is 0.228 e. The lowest BCUT2D eigenvalue weighted by Gasteiger charge is -2.25. The predicted molar refractivity (Wildman–Crippen MR) is 53.2 cm³/mol. The Morgan fingerprint density at radius 2 is 1.93 bits per heavy atom. The van der Waals surface area contributed by atoms with E-state index in [0.29, 0.717) is 6.42 Å². The predicted octanol–water partition coefficient (Wildman–Crippen LogP) is 1.00. The molecule has 0 radical (unpaired) electrons. The van der Waals surface area contributed by atoms with Crippen molar-refractivity contribution in [3.05, 3.63) is 17.1 Å². The Morgan fingerprint density at radius 1 is 1.21 bits per heavy atom. The van der Waals surface area contributed by atoms with Gasteiger partial charge in [0, 0.05) is 24.7 Å². The van der Waals surface area contributed by atoms with Gasteiger partial charge in [0.15, 0.2) is 0 Å². The van der Waals surface area contributed by atoms with Crippen LogP contribution in [-0.4, -0.2) is 22.9 Å². The van der Waals surface area contributed by atoms with Gasteiger partial charge in [-0.3, -0.25) is 9.69 Å². The molecule has 0 unspecified atom stereocenters. The summed E-state index contributed by atoms with van der Waals surface area (Å²) in [6, 6.07) is 0. The van der Waals surface area contributed by atoms with Crippen molar-refractivity contribution in [2.75, 3.05) is 11.9 Å². The molecule has 1 aromatic rings. The van der Waals surface area contributed by atoms with Gasteiger partial charge >= 0.3 is 0 Å². The largest absolute Gasteiger partial charge is 0.300 e. The van der Waals surface area contributed by atoms with E-state index in [0.717, 1.165) is 29.3 Å². The first-order valence-electron chi connectivity index (χ1n) is 4.70. The molecule has 1 amide bonds. The number of anilines is 1. The minimum Gasteiger partial charge on any atom is -0.300 e. The Balaban J connectivity index is 2.59. The molecule has 1 aliphatic heterocycles. The molecule has 1 aliphatic rings. The number of aromatic nitrogens is 2. The molecule has 4 nitrogen and oxygen atoms in total. The van der Waals surface area contributed by atoms with Crippen LogP contribution in [0.3, 0.4) is 0 Å². The molecule has 0 N–H and O–H groups in total. The number of hydrogen-bond acceptors (Lipinski definition) is 3. The molecule has 0 saturated carbocycles. The summed E-state index contributed by atoms with van der Waals surface area (Å²) in [6.45, 7) is 3.82. The zero-order valence-electron chi connectivity index (χ0n) is 8.66. The minimum atomic E-state index is 0.134. The van der Waals surface area contributed by atoms with Crippen molar-refractivity contribution in [1.82, 2.24) is 9.97 Å². The number of amides is 1. The molecule has 0 saturated heterocycles. The number of fused-ring (bicyclic) bond motifs is 1. The lowest BCUT2D eigenvalue weighted by atomic mass is 10.0. The van der Waals surface area contributed by atoms with Crippen molar-refractivity contribution in [2.24, 2.45) is 0 Å². The van der Waals surface area contributed by atoms with E-state index in [1.807, 2.05) is 13.8 Å². The fraction of sp³-hybridized carbons (Fsp3) is 0.500. The van der Waals surface area contributed by atoms with Crippen LogP contribution in [0.1, 0.15) is 23.5 Å². The van der Waals surface area contributed by atoms with Crippen molar-refractivity contribution >= 4 is 11.7 Å². The number of nitrogens with zero attached hydrogens (tertiary/aromatic N) is 3. The van der Waals surface area contributed by atoms with Crippen LogP contribution in [0.2, 0.25) is 0 Å². The van der Waals surface area contributed by atoms with Gasteiger partial charge in [-0.1, -0.05) is 0 Å². The van der Waals surface area contributed by atoms with Crippen LogP contribution in [-0.2, 0) is 11.2 Å². The Labute approximate surface area is 83.0 Å². The van der Waals surface area contributed by atoms with E-state index in [9.17, 15) is 4.79 Å². The molecular formula is C10H13N3O. The van der Waals surface area contributed by atoms with Crippen LogP contribution >= 0.6 is 0 Å². The zero-order chi connectivity index (χ0) is 10.3. The van der Waals surface area contributed by atoms with Crippen LogP contribution in [0.25, 0.3) is 0 Å². The van der Waals surface area contributed by atoms with Crippen LogP contribution in [0.15, 0.2) is 0 Å². The second kappa shape index (κ2) is 3.04. The summed E-state index contributed by atoms with van der Waals surface area (Å²) < 4.78 is 0. The van der Waals surface area contributed by atoms with E-state index < -0.39 is 0 Å². The quantitative estimate of drug-likeness (QED) is 0.614. The van der Waals surface area contributed by atoms with E-state index in [1.54, 1.807) is 11.9 Å². The van der Waals surface area contributed by atoms with Crippen molar-refractivity contribution in [2.45, 2.75) is 26.7 Å². The normalized spacial score (nSPS) is 15.6. The van der Waals surface area contributed by atoms with Gasteiger partial charge in [-0.25, -0.2) is 9.97 Å². The topological polar surface area (TPSA) is 46.1 Å². The average Bonchev–Trinajstić information content (AvgIpc) is 2.12. The SMILES string of the molecule is Cc1nc(C)c2c(n1)N(C)C(=O)CC2. The van der Waals surface area contributed by atoms with Gasteiger partial charge in [-0.2, -0.15) is 0 Å². The Bertz CT molecular complexity index is 401. The highest BCUT2D eigenvalue weighted by Gasteiger charge is 2.24. The second-order valence-electron chi connectivity index (χ2n) is 3.61. The fourth-order valence-electron chi connectivity index (χ4n) is 1.81. The van der Waals surface area contributed by atoms with Crippen molar-refractivity contribution in [3.8, 4) is 0 Å². The van der Waals surface area contributed by atoms with Crippen LogP contribution in [0.5, 0.6) is 0 Å². The van der Waals surface area contributed by atoms with Crippen molar-refractivity contribution < 1.29 is 4.79 Å². The first-order chi connectivity index (χ1) is 6.59. The summed E-state index contributed by atoms with van der Waals surface area (Å²) in [6.07, 6.45) is 1.33. The third-order valence-corrected chi connectivity index (χ3v) is 2.58. The maximum atomic E-state index is 11.4. The van der Waals surface area contributed by atoms with Gasteiger partial charge in [0.25, 0.3) is 0 Å². The number of hydrogen-bond donors (Lipinski definition) is 0. The second-order valence-corrected chi connectivity index (χ2v) is 3.61. The van der Waals surface area contributed by atoms with Gasteiger partial charge in [-0.15, -0.1) is 0 Å². The van der Waals surface area contributed by atoms with Crippen molar-refractivity contribution in [1.29, 1.82) is 0 Å². The molecule has 0 bridgehead atoms. The van der Waals surface area contributed by atoms with Gasteiger partial charge in [-0.05, 0) is 20.3 Å². The fourth-order valence-corrected chi connectivity index (χ4v) is 1.81. The van der Waals surface area contributed by atoms with Gasteiger partial charge < -0.3 is 0 Å². The van der Waals surface area contributed by atoms with Gasteiger partial charge in [0.05, 0.1) is 0 Å². The van der Waals surface area contributed by atoms with Crippen LogP contribution in [0, 0.1) is 13.8 Å². The third kappa shape index (κ3) is 1.27. The molecule has 74 valence electrons. The van der Waals surface area contributed by atoms with Crippen LogP contribution < -0.4 is 4.90 Å². The summed E-state index contributed by atoms with van der Waals surface area (Å²) >= 11 is 0. The molecule has 2 rings (SSSR count). The first-order valence-corrected chi connectivity index (χ1v) is 4.70. The number of carbonyl (C=O) groups is 1. The highest BCUT2D eigenvalue weighted by Crippen LogP contribution is 2.26. The molecule has 0 atom stereocenters. The lowest BCUT2D eigenvalue weighted by Crippen LogP contribution is -2.33. The van der Waals surface area contributed by atoms with Gasteiger partial charge in [0.1, 0.15) is 11.6 Å². The molecule has 1 aromatic heterocycles. The van der Waals surface area contributed by atoms with E-state index in [-0.39, 0.29) is 5.91 Å². The van der Waals surface area contributed by atoms with E-state index in [2.05, 4.69) is 9.97 Å².